The summed E-state index contributed by atoms with van der Waals surface area (Å²) in [6, 6.07) is 0. The second-order valence-electron chi connectivity index (χ2n) is 6.27. The average molecular weight is 262 g/mol. The molecule has 0 atom stereocenters. The van der Waals surface area contributed by atoms with Crippen LogP contribution in [0.5, 0.6) is 0 Å². The third-order valence-electron chi connectivity index (χ3n) is 4.89. The molecule has 3 rings (SSSR count). The molecule has 106 valence electrons. The van der Waals surface area contributed by atoms with Gasteiger partial charge in [-0.25, -0.2) is 0 Å². The normalized spacial score (nSPS) is 22.0. The molecule has 0 radical (unpaired) electrons. The molecular formula is C15H26N4. The minimum atomic E-state index is 0.445. The maximum atomic E-state index is 4.60. The molecule has 0 saturated heterocycles. The lowest BCUT2D eigenvalue weighted by molar-refractivity contribution is 0.285. The van der Waals surface area contributed by atoms with E-state index in [2.05, 4.69) is 22.7 Å². The molecule has 1 aliphatic heterocycles. The van der Waals surface area contributed by atoms with Gasteiger partial charge in [-0.05, 0) is 19.3 Å². The topological polar surface area (TPSA) is 41.9 Å². The van der Waals surface area contributed by atoms with Crippen LogP contribution in [-0.4, -0.2) is 22.9 Å². The van der Waals surface area contributed by atoms with Gasteiger partial charge in [-0.15, -0.1) is 0 Å². The van der Waals surface area contributed by atoms with Crippen molar-refractivity contribution in [3.05, 3.63) is 5.69 Å². The summed E-state index contributed by atoms with van der Waals surface area (Å²) < 4.78 is 2.00. The van der Waals surface area contributed by atoms with Gasteiger partial charge >= 0.3 is 0 Å². The van der Waals surface area contributed by atoms with Crippen molar-refractivity contribution in [1.82, 2.24) is 9.78 Å². The van der Waals surface area contributed by atoms with Gasteiger partial charge in [0.15, 0.2) is 0 Å². The lowest BCUT2D eigenvalue weighted by Crippen LogP contribution is -2.34. The Labute approximate surface area is 116 Å². The molecular weight excluding hydrogens is 236 g/mol. The molecule has 4 heteroatoms. The van der Waals surface area contributed by atoms with E-state index in [-0.39, 0.29) is 0 Å². The highest BCUT2D eigenvalue weighted by molar-refractivity contribution is 5.69. The van der Waals surface area contributed by atoms with E-state index in [0.717, 1.165) is 19.5 Å². The first-order chi connectivity index (χ1) is 9.24. The van der Waals surface area contributed by atoms with Crippen LogP contribution in [0.1, 0.15) is 51.1 Å². The molecule has 2 N–H and O–H groups in total. The van der Waals surface area contributed by atoms with Gasteiger partial charge in [0.25, 0.3) is 0 Å². The van der Waals surface area contributed by atoms with E-state index in [9.17, 15) is 0 Å². The minimum absolute atomic E-state index is 0.445. The minimum Gasteiger partial charge on any atom is -0.380 e. The van der Waals surface area contributed by atoms with Gasteiger partial charge in [0, 0.05) is 25.6 Å². The van der Waals surface area contributed by atoms with Gasteiger partial charge in [-0.3, -0.25) is 4.68 Å². The van der Waals surface area contributed by atoms with Crippen molar-refractivity contribution in [2.45, 2.75) is 51.9 Å². The van der Waals surface area contributed by atoms with E-state index in [1.165, 1.54) is 55.7 Å². The number of hydrogen-bond acceptors (Lipinski definition) is 3. The Morgan fingerprint density at radius 3 is 2.47 bits per heavy atom. The average Bonchev–Trinajstić information content (AvgIpc) is 2.63. The molecule has 2 heterocycles. The van der Waals surface area contributed by atoms with Crippen molar-refractivity contribution in [3.8, 4) is 0 Å². The van der Waals surface area contributed by atoms with Gasteiger partial charge in [-0.1, -0.05) is 32.6 Å². The van der Waals surface area contributed by atoms with E-state index >= 15 is 0 Å². The number of nitrogens with one attached hydrogen (secondary N) is 2. The summed E-state index contributed by atoms with van der Waals surface area (Å²) >= 11 is 0. The zero-order chi connectivity index (χ0) is 13.3. The van der Waals surface area contributed by atoms with Crippen LogP contribution in [0.2, 0.25) is 0 Å². The Balaban J connectivity index is 1.84. The molecule has 0 unspecified atom stereocenters. The Morgan fingerprint density at radius 2 is 1.79 bits per heavy atom. The molecule has 1 spiro atoms. The van der Waals surface area contributed by atoms with Crippen LogP contribution in [0.25, 0.3) is 0 Å². The SMILES string of the molecule is CCc1nn(C)c2c1NCC1(CCCCCC1)CN2. The summed E-state index contributed by atoms with van der Waals surface area (Å²) in [4.78, 5) is 0. The van der Waals surface area contributed by atoms with E-state index in [1.54, 1.807) is 0 Å². The third-order valence-corrected chi connectivity index (χ3v) is 4.89. The number of anilines is 2. The Kier molecular flexibility index (Phi) is 3.42. The number of rotatable bonds is 1. The summed E-state index contributed by atoms with van der Waals surface area (Å²) in [5.41, 5.74) is 2.88. The fraction of sp³-hybridized carbons (Fsp3) is 0.800. The molecule has 4 nitrogen and oxygen atoms in total. The number of aryl methyl sites for hydroxylation is 2. The molecule has 1 aromatic rings. The van der Waals surface area contributed by atoms with Gasteiger partial charge in [0.2, 0.25) is 0 Å². The van der Waals surface area contributed by atoms with Crippen LogP contribution in [0.3, 0.4) is 0 Å². The standard InChI is InChI=1S/C15H26N4/c1-3-12-13-14(19(2)18-12)17-11-15(10-16-13)8-6-4-5-7-9-15/h16-17H,3-11H2,1-2H3. The fourth-order valence-electron chi connectivity index (χ4n) is 3.66. The van der Waals surface area contributed by atoms with Gasteiger partial charge in [0.05, 0.1) is 5.69 Å². The highest BCUT2D eigenvalue weighted by Crippen LogP contribution is 2.39. The molecule has 0 aromatic carbocycles. The van der Waals surface area contributed by atoms with Gasteiger partial charge in [0.1, 0.15) is 11.5 Å². The van der Waals surface area contributed by atoms with E-state index < -0.39 is 0 Å². The summed E-state index contributed by atoms with van der Waals surface area (Å²) in [5.74, 6) is 1.18. The maximum absolute atomic E-state index is 4.60. The summed E-state index contributed by atoms with van der Waals surface area (Å²) in [7, 11) is 2.04. The van der Waals surface area contributed by atoms with Crippen LogP contribution >= 0.6 is 0 Å². The zero-order valence-electron chi connectivity index (χ0n) is 12.3. The quantitative estimate of drug-likeness (QED) is 0.817. The van der Waals surface area contributed by atoms with Crippen molar-refractivity contribution < 1.29 is 0 Å². The maximum Gasteiger partial charge on any atom is 0.148 e. The number of nitrogens with zero attached hydrogens (tertiary/aromatic N) is 2. The van der Waals surface area contributed by atoms with Crippen LogP contribution in [0.15, 0.2) is 0 Å². The lowest BCUT2D eigenvalue weighted by Gasteiger charge is -2.31. The van der Waals surface area contributed by atoms with E-state index in [4.69, 9.17) is 0 Å². The molecule has 1 saturated carbocycles. The zero-order valence-corrected chi connectivity index (χ0v) is 12.3. The Morgan fingerprint density at radius 1 is 1.11 bits per heavy atom. The molecule has 2 aliphatic rings. The Bertz CT molecular complexity index is 441. The van der Waals surface area contributed by atoms with Crippen LogP contribution in [-0.2, 0) is 13.5 Å². The molecule has 0 amide bonds. The predicted octanol–water partition coefficient (Wildman–Crippen LogP) is 3.16. The van der Waals surface area contributed by atoms with Crippen molar-refractivity contribution in [2.24, 2.45) is 12.5 Å². The first-order valence-corrected chi connectivity index (χ1v) is 7.78. The fourth-order valence-corrected chi connectivity index (χ4v) is 3.66. The summed E-state index contributed by atoms with van der Waals surface area (Å²) in [6.45, 7) is 4.37. The third kappa shape index (κ3) is 2.33. The van der Waals surface area contributed by atoms with Crippen LogP contribution in [0.4, 0.5) is 11.5 Å². The predicted molar refractivity (Wildman–Crippen MR) is 79.7 cm³/mol. The van der Waals surface area contributed by atoms with Crippen LogP contribution < -0.4 is 10.6 Å². The molecule has 1 aliphatic carbocycles. The largest absolute Gasteiger partial charge is 0.380 e. The smallest absolute Gasteiger partial charge is 0.148 e. The Hall–Kier alpha value is -1.19. The highest BCUT2D eigenvalue weighted by atomic mass is 15.3. The van der Waals surface area contributed by atoms with Crippen molar-refractivity contribution >= 4 is 11.5 Å². The van der Waals surface area contributed by atoms with Gasteiger partial charge in [-0.2, -0.15) is 5.10 Å². The van der Waals surface area contributed by atoms with Crippen molar-refractivity contribution in [1.29, 1.82) is 0 Å². The first-order valence-electron chi connectivity index (χ1n) is 7.78. The second-order valence-corrected chi connectivity index (χ2v) is 6.27. The molecule has 0 bridgehead atoms. The summed E-state index contributed by atoms with van der Waals surface area (Å²) in [5, 5.41) is 12.0. The number of fused-ring (bicyclic) bond motifs is 1. The summed E-state index contributed by atoms with van der Waals surface area (Å²) in [6.07, 6.45) is 9.31. The van der Waals surface area contributed by atoms with E-state index in [0.29, 0.717) is 5.41 Å². The van der Waals surface area contributed by atoms with Crippen molar-refractivity contribution in [2.75, 3.05) is 23.7 Å². The van der Waals surface area contributed by atoms with Crippen molar-refractivity contribution in [3.63, 3.8) is 0 Å². The lowest BCUT2D eigenvalue weighted by atomic mass is 9.80. The molecule has 1 fully saturated rings. The number of hydrogen-bond donors (Lipinski definition) is 2. The van der Waals surface area contributed by atoms with Gasteiger partial charge < -0.3 is 10.6 Å². The molecule has 19 heavy (non-hydrogen) atoms. The highest BCUT2D eigenvalue weighted by Gasteiger charge is 2.34. The second kappa shape index (κ2) is 5.06. The first kappa shape index (κ1) is 12.8. The number of aromatic nitrogens is 2. The van der Waals surface area contributed by atoms with E-state index in [1.807, 2.05) is 11.7 Å². The van der Waals surface area contributed by atoms with Crippen LogP contribution in [0, 0.1) is 5.41 Å². The molecule has 1 aromatic heterocycles. The monoisotopic (exact) mass is 262 g/mol.